The minimum absolute atomic E-state index is 0.483. The van der Waals surface area contributed by atoms with Crippen LogP contribution < -0.4 is 10.1 Å². The molecule has 1 atom stereocenters. The molecular formula is C17H25NO. The van der Waals surface area contributed by atoms with Gasteiger partial charge in [0.1, 0.15) is 5.75 Å². The average molecular weight is 259 g/mol. The lowest BCUT2D eigenvalue weighted by molar-refractivity contribution is 0.313. The van der Waals surface area contributed by atoms with Crippen LogP contribution in [0.3, 0.4) is 0 Å². The third kappa shape index (κ3) is 3.30. The molecule has 2 aliphatic rings. The number of para-hydroxylation sites is 1. The molecule has 0 bridgehead atoms. The van der Waals surface area contributed by atoms with Gasteiger partial charge in [-0.25, -0.2) is 0 Å². The normalized spacial score (nSPS) is 22.5. The van der Waals surface area contributed by atoms with E-state index < -0.39 is 0 Å². The average Bonchev–Trinajstić information content (AvgIpc) is 3.22. The van der Waals surface area contributed by atoms with E-state index in [9.17, 15) is 0 Å². The molecule has 1 N–H and O–H groups in total. The second kappa shape index (κ2) is 5.96. The third-order valence-corrected chi connectivity index (χ3v) is 4.38. The summed E-state index contributed by atoms with van der Waals surface area (Å²) in [6.45, 7) is 4.15. The Morgan fingerprint density at radius 2 is 2.16 bits per heavy atom. The molecule has 1 fully saturated rings. The molecule has 1 heterocycles. The van der Waals surface area contributed by atoms with E-state index in [1.54, 1.807) is 0 Å². The standard InChI is InChI=1S/C17H25NO/c1-13-5-2-7-15-16(8-4-12-19-17(13)15)18-11-3-6-14-9-10-14/h2,5,7,14,16,18H,3-4,6,8-12H2,1H3. The molecule has 1 aromatic rings. The second-order valence-corrected chi connectivity index (χ2v) is 6.08. The van der Waals surface area contributed by atoms with Gasteiger partial charge < -0.3 is 10.1 Å². The van der Waals surface area contributed by atoms with Crippen molar-refractivity contribution in [3.05, 3.63) is 29.3 Å². The first-order valence-corrected chi connectivity index (χ1v) is 7.80. The number of ether oxygens (including phenoxy) is 1. The van der Waals surface area contributed by atoms with Crippen molar-refractivity contribution in [3.63, 3.8) is 0 Å². The van der Waals surface area contributed by atoms with Crippen molar-refractivity contribution in [1.29, 1.82) is 0 Å². The van der Waals surface area contributed by atoms with E-state index in [0.29, 0.717) is 6.04 Å². The predicted octanol–water partition coefficient (Wildman–Crippen LogP) is 3.99. The topological polar surface area (TPSA) is 21.3 Å². The van der Waals surface area contributed by atoms with Crippen LogP contribution in [0.1, 0.15) is 55.7 Å². The van der Waals surface area contributed by atoms with Gasteiger partial charge in [-0.3, -0.25) is 0 Å². The molecule has 1 aromatic carbocycles. The first-order chi connectivity index (χ1) is 9.34. The highest BCUT2D eigenvalue weighted by Gasteiger charge is 2.22. The van der Waals surface area contributed by atoms with Crippen molar-refractivity contribution in [2.45, 2.75) is 51.5 Å². The number of aryl methyl sites for hydroxylation is 1. The van der Waals surface area contributed by atoms with Crippen LogP contribution in [0.5, 0.6) is 5.75 Å². The van der Waals surface area contributed by atoms with Gasteiger partial charge in [-0.2, -0.15) is 0 Å². The van der Waals surface area contributed by atoms with Gasteiger partial charge in [-0.15, -0.1) is 0 Å². The summed E-state index contributed by atoms with van der Waals surface area (Å²) in [5.41, 5.74) is 2.63. The zero-order chi connectivity index (χ0) is 13.1. The van der Waals surface area contributed by atoms with E-state index >= 15 is 0 Å². The Kier molecular flexibility index (Phi) is 4.07. The highest BCUT2D eigenvalue weighted by atomic mass is 16.5. The lowest BCUT2D eigenvalue weighted by atomic mass is 9.99. The molecule has 0 spiro atoms. The number of hydrogen-bond donors (Lipinski definition) is 1. The van der Waals surface area contributed by atoms with Crippen molar-refractivity contribution in [3.8, 4) is 5.75 Å². The summed E-state index contributed by atoms with van der Waals surface area (Å²) in [7, 11) is 0. The van der Waals surface area contributed by atoms with Gasteiger partial charge in [0.05, 0.1) is 6.61 Å². The number of rotatable bonds is 5. The lowest BCUT2D eigenvalue weighted by Crippen LogP contribution is -2.22. The van der Waals surface area contributed by atoms with Crippen LogP contribution in [0.4, 0.5) is 0 Å². The molecule has 0 radical (unpaired) electrons. The van der Waals surface area contributed by atoms with Crippen LogP contribution >= 0.6 is 0 Å². The summed E-state index contributed by atoms with van der Waals surface area (Å²) in [6.07, 6.45) is 8.02. The molecule has 3 rings (SSSR count). The van der Waals surface area contributed by atoms with Gasteiger partial charge in [-0.1, -0.05) is 31.0 Å². The van der Waals surface area contributed by atoms with Crippen LogP contribution in [0, 0.1) is 12.8 Å². The van der Waals surface area contributed by atoms with Crippen molar-refractivity contribution in [2.24, 2.45) is 5.92 Å². The van der Waals surface area contributed by atoms with E-state index in [1.165, 1.54) is 43.2 Å². The number of hydrogen-bond acceptors (Lipinski definition) is 2. The third-order valence-electron chi connectivity index (χ3n) is 4.38. The number of benzene rings is 1. The van der Waals surface area contributed by atoms with Gasteiger partial charge in [-0.05, 0) is 50.6 Å². The summed E-state index contributed by atoms with van der Waals surface area (Å²) in [6, 6.07) is 7.01. The maximum Gasteiger partial charge on any atom is 0.126 e. The molecule has 2 nitrogen and oxygen atoms in total. The van der Waals surface area contributed by atoms with E-state index in [2.05, 4.69) is 30.4 Å². The summed E-state index contributed by atoms with van der Waals surface area (Å²) < 4.78 is 5.92. The van der Waals surface area contributed by atoms with Gasteiger partial charge >= 0.3 is 0 Å². The smallest absolute Gasteiger partial charge is 0.126 e. The van der Waals surface area contributed by atoms with E-state index in [0.717, 1.165) is 31.2 Å². The summed E-state index contributed by atoms with van der Waals surface area (Å²) in [5.74, 6) is 2.17. The fraction of sp³-hybridized carbons (Fsp3) is 0.647. The number of nitrogens with one attached hydrogen (secondary N) is 1. The minimum Gasteiger partial charge on any atom is -0.493 e. The molecule has 1 aliphatic carbocycles. The summed E-state index contributed by atoms with van der Waals surface area (Å²) >= 11 is 0. The molecule has 0 saturated heterocycles. The lowest BCUT2D eigenvalue weighted by Gasteiger charge is -2.19. The SMILES string of the molecule is Cc1cccc2c1OCCCC2NCCCC1CC1. The largest absolute Gasteiger partial charge is 0.493 e. The summed E-state index contributed by atoms with van der Waals surface area (Å²) in [4.78, 5) is 0. The Morgan fingerprint density at radius 1 is 1.26 bits per heavy atom. The first kappa shape index (κ1) is 13.0. The van der Waals surface area contributed by atoms with Gasteiger partial charge in [0.25, 0.3) is 0 Å². The molecule has 0 amide bonds. The monoisotopic (exact) mass is 259 g/mol. The second-order valence-electron chi connectivity index (χ2n) is 6.08. The van der Waals surface area contributed by atoms with E-state index in [1.807, 2.05) is 0 Å². The Bertz CT molecular complexity index is 425. The van der Waals surface area contributed by atoms with Crippen LogP contribution in [0.15, 0.2) is 18.2 Å². The fourth-order valence-corrected chi connectivity index (χ4v) is 3.05. The minimum atomic E-state index is 0.483. The molecular weight excluding hydrogens is 234 g/mol. The Morgan fingerprint density at radius 3 is 3.00 bits per heavy atom. The van der Waals surface area contributed by atoms with E-state index in [-0.39, 0.29) is 0 Å². The Labute approximate surface area is 116 Å². The van der Waals surface area contributed by atoms with Gasteiger partial charge in [0, 0.05) is 11.6 Å². The number of fused-ring (bicyclic) bond motifs is 1. The van der Waals surface area contributed by atoms with Gasteiger partial charge in [0.2, 0.25) is 0 Å². The van der Waals surface area contributed by atoms with Crippen LogP contribution in [0.2, 0.25) is 0 Å². The molecule has 2 heteroatoms. The Balaban J connectivity index is 1.62. The van der Waals surface area contributed by atoms with Crippen LogP contribution in [-0.2, 0) is 0 Å². The zero-order valence-electron chi connectivity index (χ0n) is 12.0. The summed E-state index contributed by atoms with van der Waals surface area (Å²) in [5, 5.41) is 3.75. The van der Waals surface area contributed by atoms with Crippen molar-refractivity contribution >= 4 is 0 Å². The molecule has 1 aliphatic heterocycles. The van der Waals surface area contributed by atoms with Gasteiger partial charge in [0.15, 0.2) is 0 Å². The molecule has 1 saturated carbocycles. The molecule has 0 aromatic heterocycles. The first-order valence-electron chi connectivity index (χ1n) is 7.80. The highest BCUT2D eigenvalue weighted by molar-refractivity contribution is 5.43. The molecule has 104 valence electrons. The zero-order valence-corrected chi connectivity index (χ0v) is 12.0. The maximum atomic E-state index is 5.92. The molecule has 19 heavy (non-hydrogen) atoms. The maximum absolute atomic E-state index is 5.92. The fourth-order valence-electron chi connectivity index (χ4n) is 3.05. The highest BCUT2D eigenvalue weighted by Crippen LogP contribution is 2.35. The van der Waals surface area contributed by atoms with Crippen molar-refractivity contribution in [1.82, 2.24) is 5.32 Å². The van der Waals surface area contributed by atoms with E-state index in [4.69, 9.17) is 4.74 Å². The predicted molar refractivity (Wildman–Crippen MR) is 78.6 cm³/mol. The van der Waals surface area contributed by atoms with Crippen LogP contribution in [-0.4, -0.2) is 13.2 Å². The quantitative estimate of drug-likeness (QED) is 0.807. The Hall–Kier alpha value is -1.02. The molecule has 1 unspecified atom stereocenters. The van der Waals surface area contributed by atoms with Crippen molar-refractivity contribution < 1.29 is 4.74 Å². The van der Waals surface area contributed by atoms with Crippen LogP contribution in [0.25, 0.3) is 0 Å². The van der Waals surface area contributed by atoms with Crippen molar-refractivity contribution in [2.75, 3.05) is 13.2 Å².